The molecule has 0 amide bonds. The average Bonchev–Trinajstić information content (AvgIpc) is 2.56. The minimum atomic E-state index is 0.412. The van der Waals surface area contributed by atoms with Crippen molar-refractivity contribution in [3.05, 3.63) is 65.7 Å². The van der Waals surface area contributed by atoms with E-state index in [-0.39, 0.29) is 0 Å². The van der Waals surface area contributed by atoms with Gasteiger partial charge < -0.3 is 10.2 Å². The monoisotopic (exact) mass is 280 g/mol. The zero-order chi connectivity index (χ0) is 14.7. The molecular weight excluding hydrogens is 256 g/mol. The molecule has 0 saturated carbocycles. The van der Waals surface area contributed by atoms with E-state index in [2.05, 4.69) is 78.7 Å². The highest BCUT2D eigenvalue weighted by Gasteiger charge is 2.27. The summed E-state index contributed by atoms with van der Waals surface area (Å²) >= 11 is 0. The van der Waals surface area contributed by atoms with E-state index in [1.54, 1.807) is 0 Å². The van der Waals surface area contributed by atoms with Crippen LogP contribution in [0.4, 0.5) is 5.69 Å². The fraction of sp³-hybridized carbons (Fsp3) is 0.368. The Hall–Kier alpha value is -1.80. The molecule has 1 N–H and O–H groups in total. The van der Waals surface area contributed by atoms with Crippen LogP contribution >= 0.6 is 0 Å². The molecule has 110 valence electrons. The van der Waals surface area contributed by atoms with Gasteiger partial charge >= 0.3 is 0 Å². The van der Waals surface area contributed by atoms with Crippen LogP contribution in [-0.4, -0.2) is 19.1 Å². The van der Waals surface area contributed by atoms with Crippen molar-refractivity contribution in [1.82, 2.24) is 5.32 Å². The zero-order valence-electron chi connectivity index (χ0n) is 12.9. The van der Waals surface area contributed by atoms with Gasteiger partial charge in [-0.25, -0.2) is 0 Å². The minimum Gasteiger partial charge on any atom is -0.365 e. The first-order valence-electron chi connectivity index (χ1n) is 7.89. The van der Waals surface area contributed by atoms with E-state index in [0.29, 0.717) is 12.1 Å². The molecule has 0 bridgehead atoms. The van der Waals surface area contributed by atoms with Crippen LogP contribution in [0.1, 0.15) is 30.5 Å². The van der Waals surface area contributed by atoms with Crippen LogP contribution in [0.3, 0.4) is 0 Å². The lowest BCUT2D eigenvalue weighted by Gasteiger charge is -2.42. The quantitative estimate of drug-likeness (QED) is 0.916. The van der Waals surface area contributed by atoms with Crippen LogP contribution in [0.15, 0.2) is 54.6 Å². The lowest BCUT2D eigenvalue weighted by molar-refractivity contribution is 0.393. The Morgan fingerprint density at radius 2 is 1.76 bits per heavy atom. The summed E-state index contributed by atoms with van der Waals surface area (Å²) < 4.78 is 0. The predicted octanol–water partition coefficient (Wildman–Crippen LogP) is 3.92. The van der Waals surface area contributed by atoms with Crippen molar-refractivity contribution in [2.24, 2.45) is 0 Å². The highest BCUT2D eigenvalue weighted by atomic mass is 15.2. The van der Waals surface area contributed by atoms with Crippen molar-refractivity contribution in [2.75, 3.05) is 18.0 Å². The Morgan fingerprint density at radius 1 is 1.05 bits per heavy atom. The summed E-state index contributed by atoms with van der Waals surface area (Å²) in [6, 6.07) is 20.7. The number of aryl methyl sites for hydroxylation is 1. The molecule has 2 heteroatoms. The molecule has 0 radical (unpaired) electrons. The Kier molecular flexibility index (Phi) is 4.26. The summed E-state index contributed by atoms with van der Waals surface area (Å²) in [4.78, 5) is 2.56. The second kappa shape index (κ2) is 6.31. The van der Waals surface area contributed by atoms with Crippen LogP contribution < -0.4 is 10.2 Å². The first kappa shape index (κ1) is 14.2. The van der Waals surface area contributed by atoms with E-state index >= 15 is 0 Å². The van der Waals surface area contributed by atoms with Crippen molar-refractivity contribution in [2.45, 2.75) is 32.4 Å². The number of piperazine rings is 1. The van der Waals surface area contributed by atoms with E-state index < -0.39 is 0 Å². The van der Waals surface area contributed by atoms with Crippen LogP contribution in [0.25, 0.3) is 0 Å². The van der Waals surface area contributed by atoms with Gasteiger partial charge in [-0.3, -0.25) is 0 Å². The Balaban J connectivity index is 1.83. The maximum Gasteiger partial charge on any atom is 0.0499 e. The number of anilines is 1. The number of benzene rings is 2. The molecule has 1 saturated heterocycles. The van der Waals surface area contributed by atoms with Crippen LogP contribution in [-0.2, 0) is 0 Å². The summed E-state index contributed by atoms with van der Waals surface area (Å²) in [6.45, 7) is 6.50. The van der Waals surface area contributed by atoms with Gasteiger partial charge in [-0.1, -0.05) is 55.0 Å². The van der Waals surface area contributed by atoms with E-state index in [0.717, 1.165) is 13.1 Å². The molecule has 21 heavy (non-hydrogen) atoms. The van der Waals surface area contributed by atoms with Gasteiger partial charge in [-0.05, 0) is 31.0 Å². The number of nitrogens with one attached hydrogen (secondary N) is 1. The molecule has 2 nitrogen and oxygen atoms in total. The Labute approximate surface area is 127 Å². The fourth-order valence-corrected chi connectivity index (χ4v) is 3.12. The maximum atomic E-state index is 3.71. The lowest BCUT2D eigenvalue weighted by atomic mass is 9.99. The number of nitrogens with zero attached hydrogens (tertiary/aromatic N) is 1. The molecule has 2 aromatic rings. The summed E-state index contributed by atoms with van der Waals surface area (Å²) in [6.07, 6.45) is 1.17. The molecule has 1 fully saturated rings. The van der Waals surface area contributed by atoms with Crippen LogP contribution in [0, 0.1) is 6.92 Å². The van der Waals surface area contributed by atoms with Crippen molar-refractivity contribution in [3.8, 4) is 0 Å². The third-order valence-electron chi connectivity index (χ3n) is 4.46. The van der Waals surface area contributed by atoms with Gasteiger partial charge in [0.05, 0.1) is 0 Å². The normalized spacial score (nSPS) is 22.3. The van der Waals surface area contributed by atoms with Crippen molar-refractivity contribution >= 4 is 5.69 Å². The highest BCUT2D eigenvalue weighted by Crippen LogP contribution is 2.26. The molecule has 1 heterocycles. The fourth-order valence-electron chi connectivity index (χ4n) is 3.12. The topological polar surface area (TPSA) is 15.3 Å². The Bertz CT molecular complexity index is 562. The van der Waals surface area contributed by atoms with Gasteiger partial charge in [0.2, 0.25) is 0 Å². The SMILES string of the molecule is CCC1CNC(c2ccccc2)CN1c1ccc(C)cc1. The van der Waals surface area contributed by atoms with Crippen molar-refractivity contribution < 1.29 is 0 Å². The standard InChI is InChI=1S/C19H24N2/c1-3-17-13-20-19(16-7-5-4-6-8-16)14-21(17)18-11-9-15(2)10-12-18/h4-12,17,19-20H,3,13-14H2,1-2H3. The van der Waals surface area contributed by atoms with Crippen LogP contribution in [0.2, 0.25) is 0 Å². The zero-order valence-corrected chi connectivity index (χ0v) is 12.9. The van der Waals surface area contributed by atoms with Gasteiger partial charge in [0.15, 0.2) is 0 Å². The van der Waals surface area contributed by atoms with E-state index in [1.165, 1.54) is 23.2 Å². The average molecular weight is 280 g/mol. The molecular formula is C19H24N2. The van der Waals surface area contributed by atoms with Crippen LogP contribution in [0.5, 0.6) is 0 Å². The van der Waals surface area contributed by atoms with E-state index in [4.69, 9.17) is 0 Å². The van der Waals surface area contributed by atoms with Gasteiger partial charge in [0.1, 0.15) is 0 Å². The van der Waals surface area contributed by atoms with Crippen molar-refractivity contribution in [1.29, 1.82) is 0 Å². The first-order chi connectivity index (χ1) is 10.3. The first-order valence-corrected chi connectivity index (χ1v) is 7.89. The molecule has 0 aliphatic carbocycles. The maximum absolute atomic E-state index is 3.71. The Morgan fingerprint density at radius 3 is 2.43 bits per heavy atom. The molecule has 0 spiro atoms. The number of rotatable bonds is 3. The van der Waals surface area contributed by atoms with Gasteiger partial charge in [-0.15, -0.1) is 0 Å². The summed E-state index contributed by atoms with van der Waals surface area (Å²) in [5, 5.41) is 3.71. The minimum absolute atomic E-state index is 0.412. The smallest absolute Gasteiger partial charge is 0.0499 e. The van der Waals surface area contributed by atoms with E-state index in [1.807, 2.05) is 0 Å². The highest BCUT2D eigenvalue weighted by molar-refractivity contribution is 5.49. The molecule has 2 unspecified atom stereocenters. The molecule has 3 rings (SSSR count). The molecule has 1 aliphatic heterocycles. The third kappa shape index (κ3) is 3.11. The van der Waals surface area contributed by atoms with Crippen molar-refractivity contribution in [3.63, 3.8) is 0 Å². The predicted molar refractivity (Wildman–Crippen MR) is 89.8 cm³/mol. The number of hydrogen-bond donors (Lipinski definition) is 1. The largest absolute Gasteiger partial charge is 0.365 e. The second-order valence-electron chi connectivity index (χ2n) is 5.92. The van der Waals surface area contributed by atoms with E-state index in [9.17, 15) is 0 Å². The molecule has 0 aromatic heterocycles. The summed E-state index contributed by atoms with van der Waals surface area (Å²) in [7, 11) is 0. The molecule has 1 aliphatic rings. The lowest BCUT2D eigenvalue weighted by Crippen LogP contribution is -2.52. The van der Waals surface area contributed by atoms with Gasteiger partial charge in [0.25, 0.3) is 0 Å². The molecule has 2 atom stereocenters. The second-order valence-corrected chi connectivity index (χ2v) is 5.92. The van der Waals surface area contributed by atoms with Gasteiger partial charge in [-0.2, -0.15) is 0 Å². The van der Waals surface area contributed by atoms with Gasteiger partial charge in [0, 0.05) is 30.9 Å². The third-order valence-corrected chi connectivity index (χ3v) is 4.46. The molecule has 2 aromatic carbocycles. The summed E-state index contributed by atoms with van der Waals surface area (Å²) in [5.74, 6) is 0. The summed E-state index contributed by atoms with van der Waals surface area (Å²) in [5.41, 5.74) is 4.04. The number of hydrogen-bond acceptors (Lipinski definition) is 2.